The van der Waals surface area contributed by atoms with Gasteiger partial charge in [-0.05, 0) is 110 Å². The van der Waals surface area contributed by atoms with Crippen molar-refractivity contribution >= 4 is 0 Å². The number of aliphatic hydroxyl groups excluding tert-OH is 2. The van der Waals surface area contributed by atoms with Crippen molar-refractivity contribution in [2.45, 2.75) is 104 Å². The van der Waals surface area contributed by atoms with Gasteiger partial charge in [-0.2, -0.15) is 0 Å². The number of ether oxygens (including phenoxy) is 3. The summed E-state index contributed by atoms with van der Waals surface area (Å²) in [6.45, 7) is 11.7. The lowest BCUT2D eigenvalue weighted by atomic mass is 9.41. The van der Waals surface area contributed by atoms with E-state index in [9.17, 15) is 10.2 Å². The van der Waals surface area contributed by atoms with E-state index >= 15 is 0 Å². The molecule has 0 aliphatic heterocycles. The number of hydrogen-bond donors (Lipinski definition) is 2. The second-order valence-electron chi connectivity index (χ2n) is 13.1. The highest BCUT2D eigenvalue weighted by Gasteiger charge is 2.64. The summed E-state index contributed by atoms with van der Waals surface area (Å²) in [6, 6.07) is 0. The molecule has 5 nitrogen and oxygen atoms in total. The highest BCUT2D eigenvalue weighted by atomic mass is 16.7. The minimum atomic E-state index is -0.184. The summed E-state index contributed by atoms with van der Waals surface area (Å²) in [5, 5.41) is 21.4. The summed E-state index contributed by atoms with van der Waals surface area (Å²) in [6.07, 6.45) is 11.7. The zero-order valence-corrected chi connectivity index (χ0v) is 23.2. The molecular weight excluding hydrogens is 440 g/mol. The highest BCUT2D eigenvalue weighted by Crippen LogP contribution is 2.69. The molecule has 4 aliphatic rings. The maximum absolute atomic E-state index is 12.0. The van der Waals surface area contributed by atoms with Gasteiger partial charge < -0.3 is 24.4 Å². The van der Waals surface area contributed by atoms with Gasteiger partial charge >= 0.3 is 0 Å². The fourth-order valence-electron chi connectivity index (χ4n) is 10.0. The Bertz CT molecular complexity index is 671. The van der Waals surface area contributed by atoms with E-state index in [-0.39, 0.29) is 12.2 Å². The fourth-order valence-corrected chi connectivity index (χ4v) is 10.0. The van der Waals surface area contributed by atoms with Gasteiger partial charge in [-0.1, -0.05) is 34.1 Å². The van der Waals surface area contributed by atoms with Crippen molar-refractivity contribution in [1.29, 1.82) is 0 Å². The van der Waals surface area contributed by atoms with Gasteiger partial charge in [0.2, 0.25) is 0 Å². The van der Waals surface area contributed by atoms with Gasteiger partial charge in [-0.25, -0.2) is 0 Å². The molecule has 0 bridgehead atoms. The summed E-state index contributed by atoms with van der Waals surface area (Å²) in [5.74, 6) is 4.03. The second kappa shape index (κ2) is 11.7. The van der Waals surface area contributed by atoms with E-state index in [2.05, 4.69) is 27.7 Å². The molecule has 0 saturated heterocycles. The van der Waals surface area contributed by atoms with Crippen LogP contribution in [0.3, 0.4) is 0 Å². The summed E-state index contributed by atoms with van der Waals surface area (Å²) in [7, 11) is 1.69. The van der Waals surface area contributed by atoms with E-state index in [0.717, 1.165) is 38.0 Å². The molecule has 0 spiro atoms. The first-order valence-electron chi connectivity index (χ1n) is 14.8. The minimum Gasteiger partial charge on any atom is -0.396 e. The Kier molecular flexibility index (Phi) is 9.28. The fraction of sp³-hybridized carbons (Fsp3) is 1.00. The molecule has 11 atom stereocenters. The average Bonchev–Trinajstić information content (AvgIpc) is 3.20. The van der Waals surface area contributed by atoms with E-state index in [1.54, 1.807) is 7.11 Å². The van der Waals surface area contributed by atoms with Crippen LogP contribution < -0.4 is 0 Å². The molecule has 0 radical (unpaired) electrons. The normalized spacial score (nSPS) is 46.0. The first-order valence-corrected chi connectivity index (χ1v) is 14.8. The lowest BCUT2D eigenvalue weighted by Gasteiger charge is -2.65. The van der Waals surface area contributed by atoms with Crippen molar-refractivity contribution in [3.8, 4) is 0 Å². The van der Waals surface area contributed by atoms with Crippen LogP contribution in [-0.2, 0) is 14.2 Å². The van der Waals surface area contributed by atoms with Crippen molar-refractivity contribution in [3.05, 3.63) is 0 Å². The Morgan fingerprint density at radius 3 is 2.43 bits per heavy atom. The third-order valence-electron chi connectivity index (χ3n) is 11.8. The Balaban J connectivity index is 1.49. The van der Waals surface area contributed by atoms with Gasteiger partial charge in [-0.15, -0.1) is 0 Å². The van der Waals surface area contributed by atoms with Crippen LogP contribution in [0, 0.1) is 52.3 Å². The van der Waals surface area contributed by atoms with Crippen molar-refractivity contribution in [2.75, 3.05) is 33.7 Å². The van der Waals surface area contributed by atoms with Gasteiger partial charge in [-0.3, -0.25) is 0 Å². The first-order chi connectivity index (χ1) is 16.8. The summed E-state index contributed by atoms with van der Waals surface area (Å²) < 4.78 is 16.8. The Hall–Kier alpha value is -0.200. The van der Waals surface area contributed by atoms with E-state index in [0.29, 0.717) is 73.0 Å². The maximum Gasteiger partial charge on any atom is 0.147 e. The van der Waals surface area contributed by atoms with E-state index < -0.39 is 0 Å². The van der Waals surface area contributed by atoms with E-state index in [1.165, 1.54) is 32.1 Å². The topological polar surface area (TPSA) is 68.2 Å². The molecule has 2 N–H and O–H groups in total. The molecule has 5 heteroatoms. The molecule has 4 saturated carbocycles. The molecule has 0 amide bonds. The molecule has 0 aromatic carbocycles. The minimum absolute atomic E-state index is 0.184. The Labute approximate surface area is 214 Å². The molecule has 3 unspecified atom stereocenters. The van der Waals surface area contributed by atoms with Gasteiger partial charge in [0.15, 0.2) is 0 Å². The zero-order valence-electron chi connectivity index (χ0n) is 23.2. The summed E-state index contributed by atoms with van der Waals surface area (Å²) in [4.78, 5) is 0. The van der Waals surface area contributed by atoms with Crippen molar-refractivity contribution in [3.63, 3.8) is 0 Å². The van der Waals surface area contributed by atoms with E-state index in [1.807, 2.05) is 0 Å². The van der Waals surface area contributed by atoms with Gasteiger partial charge in [0, 0.05) is 13.7 Å². The standard InChI is InChI=1S/C30H54O5/c1-6-22-26-18-21(35-19-34-17-16-33-5)11-13-30(26,4)25-12-14-29(3)23(20(2)8-7-15-31)9-10-24(29)27(25)28(22)32/h20-28,31-32H,6-19H2,1-5H3/t20-,21-,22-,23-,24+,25+,26+,27?,28-,29?,30?/m1/s1. The van der Waals surface area contributed by atoms with Gasteiger partial charge in [0.1, 0.15) is 6.79 Å². The van der Waals surface area contributed by atoms with Crippen molar-refractivity contribution in [2.24, 2.45) is 52.3 Å². The number of methoxy groups -OCH3 is 1. The molecule has 204 valence electrons. The van der Waals surface area contributed by atoms with Crippen LogP contribution in [0.1, 0.15) is 91.9 Å². The Morgan fingerprint density at radius 2 is 1.71 bits per heavy atom. The largest absolute Gasteiger partial charge is 0.396 e. The molecule has 0 aromatic rings. The van der Waals surface area contributed by atoms with Crippen LogP contribution in [0.5, 0.6) is 0 Å². The molecular formula is C30H54O5. The zero-order chi connectivity index (χ0) is 25.2. The van der Waals surface area contributed by atoms with Gasteiger partial charge in [0.25, 0.3) is 0 Å². The Morgan fingerprint density at radius 1 is 0.971 bits per heavy atom. The quantitative estimate of drug-likeness (QED) is 0.286. The molecule has 35 heavy (non-hydrogen) atoms. The summed E-state index contributed by atoms with van der Waals surface area (Å²) in [5.41, 5.74) is 0.654. The lowest BCUT2D eigenvalue weighted by Crippen LogP contribution is -2.62. The lowest BCUT2D eigenvalue weighted by molar-refractivity contribution is -0.213. The molecule has 0 heterocycles. The van der Waals surface area contributed by atoms with Crippen LogP contribution in [0.15, 0.2) is 0 Å². The van der Waals surface area contributed by atoms with Crippen LogP contribution in [0.2, 0.25) is 0 Å². The molecule has 0 aromatic heterocycles. The molecule has 4 rings (SSSR count). The molecule has 4 fully saturated rings. The SMILES string of the molecule is CC[C@H]1[C@@H](O)C2[C@@H]3CC[C@H]([C@H](C)CCCO)C3(C)CC[C@@H]2C2(C)CC[C@@H](OCOCCOC)C[C@@H]12. The third kappa shape index (κ3) is 5.11. The van der Waals surface area contributed by atoms with Crippen molar-refractivity contribution < 1.29 is 24.4 Å². The predicted molar refractivity (Wildman–Crippen MR) is 139 cm³/mol. The highest BCUT2D eigenvalue weighted by molar-refractivity contribution is 5.13. The number of rotatable bonds is 11. The smallest absolute Gasteiger partial charge is 0.147 e. The van der Waals surface area contributed by atoms with E-state index in [4.69, 9.17) is 14.2 Å². The monoisotopic (exact) mass is 494 g/mol. The number of aliphatic hydroxyl groups is 2. The predicted octanol–water partition coefficient (Wildman–Crippen LogP) is 5.67. The summed E-state index contributed by atoms with van der Waals surface area (Å²) >= 11 is 0. The van der Waals surface area contributed by atoms with Crippen LogP contribution in [-0.4, -0.2) is 56.1 Å². The average molecular weight is 495 g/mol. The second-order valence-corrected chi connectivity index (χ2v) is 13.1. The van der Waals surface area contributed by atoms with Crippen molar-refractivity contribution in [1.82, 2.24) is 0 Å². The first kappa shape index (κ1) is 27.8. The molecule has 4 aliphatic carbocycles. The van der Waals surface area contributed by atoms with Crippen LogP contribution in [0.4, 0.5) is 0 Å². The van der Waals surface area contributed by atoms with Crippen LogP contribution in [0.25, 0.3) is 0 Å². The number of fused-ring (bicyclic) bond motifs is 5. The maximum atomic E-state index is 12.0. The van der Waals surface area contributed by atoms with Crippen LogP contribution >= 0.6 is 0 Å². The van der Waals surface area contributed by atoms with Gasteiger partial charge in [0.05, 0.1) is 25.4 Å². The third-order valence-corrected chi connectivity index (χ3v) is 11.8. The number of hydrogen-bond acceptors (Lipinski definition) is 5.